The summed E-state index contributed by atoms with van der Waals surface area (Å²) in [6, 6.07) is 6.86. The molecule has 2 aromatic rings. The summed E-state index contributed by atoms with van der Waals surface area (Å²) in [4.78, 5) is 15.0. The molecule has 0 N–H and O–H groups in total. The van der Waals surface area contributed by atoms with Gasteiger partial charge in [0.15, 0.2) is 0 Å². The van der Waals surface area contributed by atoms with Gasteiger partial charge in [-0.1, -0.05) is 11.6 Å². The van der Waals surface area contributed by atoms with Crippen LogP contribution in [0.25, 0.3) is 0 Å². The summed E-state index contributed by atoms with van der Waals surface area (Å²) in [6.45, 7) is 3.37. The van der Waals surface area contributed by atoms with Crippen LogP contribution in [0.3, 0.4) is 0 Å². The monoisotopic (exact) mass is 335 g/mol. The fourth-order valence-electron chi connectivity index (χ4n) is 2.63. The zero-order valence-corrected chi connectivity index (χ0v) is 14.0. The van der Waals surface area contributed by atoms with Gasteiger partial charge in [0.2, 0.25) is 0 Å². The molecule has 122 valence electrons. The summed E-state index contributed by atoms with van der Waals surface area (Å²) in [7, 11) is 3.92. The number of hydrogen-bond donors (Lipinski definition) is 0. The number of hydrogen-bond acceptors (Lipinski definition) is 5. The van der Waals surface area contributed by atoms with Gasteiger partial charge in [0, 0.05) is 52.0 Å². The van der Waals surface area contributed by atoms with Crippen molar-refractivity contribution in [2.24, 2.45) is 0 Å². The fraction of sp³-hybridized carbons (Fsp3) is 0.375. The van der Waals surface area contributed by atoms with Crippen molar-refractivity contribution in [1.29, 1.82) is 0 Å². The van der Waals surface area contributed by atoms with E-state index in [9.17, 15) is 4.39 Å². The predicted molar refractivity (Wildman–Crippen MR) is 92.2 cm³/mol. The summed E-state index contributed by atoms with van der Waals surface area (Å²) in [5.41, 5.74) is 0.952. The Hall–Kier alpha value is -2.08. The molecule has 3 rings (SSSR count). The minimum Gasteiger partial charge on any atom is -0.368 e. The van der Waals surface area contributed by atoms with Crippen LogP contribution in [0.1, 0.15) is 0 Å². The summed E-state index contributed by atoms with van der Waals surface area (Å²) in [6.07, 6.45) is 1.59. The van der Waals surface area contributed by atoms with Gasteiger partial charge in [-0.2, -0.15) is 0 Å². The third-order valence-corrected chi connectivity index (χ3v) is 4.26. The van der Waals surface area contributed by atoms with Crippen molar-refractivity contribution in [2.75, 3.05) is 55.0 Å². The van der Waals surface area contributed by atoms with Gasteiger partial charge in [0.05, 0.1) is 5.02 Å². The van der Waals surface area contributed by atoms with Crippen LogP contribution in [-0.4, -0.2) is 50.2 Å². The third-order valence-electron chi connectivity index (χ3n) is 3.97. The SMILES string of the molecule is CN(C)c1cc(N2CCN(c3ccc(F)c(Cl)c3)CC2)ncn1. The quantitative estimate of drug-likeness (QED) is 0.861. The Morgan fingerprint density at radius 2 is 1.74 bits per heavy atom. The van der Waals surface area contributed by atoms with Gasteiger partial charge < -0.3 is 14.7 Å². The molecule has 0 radical (unpaired) electrons. The Bertz CT molecular complexity index is 686. The highest BCUT2D eigenvalue weighted by Gasteiger charge is 2.19. The lowest BCUT2D eigenvalue weighted by Crippen LogP contribution is -2.46. The molecule has 1 aromatic carbocycles. The number of benzene rings is 1. The number of rotatable bonds is 3. The first-order valence-electron chi connectivity index (χ1n) is 7.49. The van der Waals surface area contributed by atoms with Gasteiger partial charge in [0.1, 0.15) is 23.8 Å². The van der Waals surface area contributed by atoms with E-state index in [0.717, 1.165) is 43.5 Å². The lowest BCUT2D eigenvalue weighted by molar-refractivity contribution is 0.624. The molecule has 2 heterocycles. The van der Waals surface area contributed by atoms with Crippen LogP contribution in [0.5, 0.6) is 0 Å². The second kappa shape index (κ2) is 6.58. The zero-order chi connectivity index (χ0) is 16.4. The van der Waals surface area contributed by atoms with Crippen molar-refractivity contribution in [3.05, 3.63) is 41.4 Å². The normalized spacial score (nSPS) is 15.0. The van der Waals surface area contributed by atoms with Crippen molar-refractivity contribution in [1.82, 2.24) is 9.97 Å². The van der Waals surface area contributed by atoms with Crippen molar-refractivity contribution in [2.45, 2.75) is 0 Å². The molecule has 0 spiro atoms. The molecule has 7 heteroatoms. The molecule has 1 aromatic heterocycles. The van der Waals surface area contributed by atoms with E-state index in [0.29, 0.717) is 0 Å². The van der Waals surface area contributed by atoms with Gasteiger partial charge in [-0.25, -0.2) is 14.4 Å². The van der Waals surface area contributed by atoms with Gasteiger partial charge >= 0.3 is 0 Å². The van der Waals surface area contributed by atoms with Gasteiger partial charge in [-0.3, -0.25) is 0 Å². The minimum absolute atomic E-state index is 0.163. The second-order valence-corrected chi connectivity index (χ2v) is 6.11. The molecule has 1 fully saturated rings. The number of anilines is 3. The maximum atomic E-state index is 13.3. The molecule has 0 unspecified atom stereocenters. The zero-order valence-electron chi connectivity index (χ0n) is 13.2. The molecule has 1 saturated heterocycles. The van der Waals surface area contributed by atoms with E-state index in [1.165, 1.54) is 6.07 Å². The van der Waals surface area contributed by atoms with E-state index >= 15 is 0 Å². The molecule has 1 aliphatic rings. The molecule has 23 heavy (non-hydrogen) atoms. The molecule has 0 atom stereocenters. The van der Waals surface area contributed by atoms with Crippen molar-refractivity contribution < 1.29 is 4.39 Å². The largest absolute Gasteiger partial charge is 0.368 e. The molecule has 1 aliphatic heterocycles. The Morgan fingerprint density at radius 1 is 1.04 bits per heavy atom. The highest BCUT2D eigenvalue weighted by molar-refractivity contribution is 6.31. The Kier molecular flexibility index (Phi) is 4.52. The first-order chi connectivity index (χ1) is 11.0. The first-order valence-corrected chi connectivity index (χ1v) is 7.87. The molecular formula is C16H19ClFN5. The van der Waals surface area contributed by atoms with E-state index in [4.69, 9.17) is 11.6 Å². The molecule has 0 amide bonds. The minimum atomic E-state index is -0.383. The third kappa shape index (κ3) is 3.47. The smallest absolute Gasteiger partial charge is 0.141 e. The van der Waals surface area contributed by atoms with Crippen LogP contribution in [0, 0.1) is 5.82 Å². The molecule has 0 saturated carbocycles. The first kappa shape index (κ1) is 15.8. The van der Waals surface area contributed by atoms with Gasteiger partial charge in [-0.05, 0) is 18.2 Å². The van der Waals surface area contributed by atoms with E-state index in [-0.39, 0.29) is 10.8 Å². The summed E-state index contributed by atoms with van der Waals surface area (Å²) in [5.74, 6) is 1.44. The van der Waals surface area contributed by atoms with E-state index < -0.39 is 0 Å². The van der Waals surface area contributed by atoms with Gasteiger partial charge in [-0.15, -0.1) is 0 Å². The highest BCUT2D eigenvalue weighted by atomic mass is 35.5. The lowest BCUT2D eigenvalue weighted by Gasteiger charge is -2.37. The van der Waals surface area contributed by atoms with E-state index in [1.807, 2.05) is 25.1 Å². The highest BCUT2D eigenvalue weighted by Crippen LogP contribution is 2.25. The number of aromatic nitrogens is 2. The lowest BCUT2D eigenvalue weighted by atomic mass is 10.2. The van der Waals surface area contributed by atoms with Crippen LogP contribution in [0.15, 0.2) is 30.6 Å². The summed E-state index contributed by atoms with van der Waals surface area (Å²) >= 11 is 5.87. The van der Waals surface area contributed by atoms with E-state index in [1.54, 1.807) is 18.5 Å². The molecule has 5 nitrogen and oxygen atoms in total. The van der Waals surface area contributed by atoms with Crippen molar-refractivity contribution >= 4 is 28.9 Å². The van der Waals surface area contributed by atoms with Crippen molar-refractivity contribution in [3.63, 3.8) is 0 Å². The van der Waals surface area contributed by atoms with E-state index in [2.05, 4.69) is 19.8 Å². The Morgan fingerprint density at radius 3 is 2.39 bits per heavy atom. The molecular weight excluding hydrogens is 317 g/mol. The second-order valence-electron chi connectivity index (χ2n) is 5.70. The van der Waals surface area contributed by atoms with Crippen LogP contribution in [0.2, 0.25) is 5.02 Å². The van der Waals surface area contributed by atoms with Crippen LogP contribution in [-0.2, 0) is 0 Å². The molecule has 0 aliphatic carbocycles. The van der Waals surface area contributed by atoms with Crippen LogP contribution < -0.4 is 14.7 Å². The average molecular weight is 336 g/mol. The Labute approximate surface area is 140 Å². The van der Waals surface area contributed by atoms with Crippen LogP contribution >= 0.6 is 11.6 Å². The topological polar surface area (TPSA) is 35.5 Å². The van der Waals surface area contributed by atoms with Crippen LogP contribution in [0.4, 0.5) is 21.7 Å². The summed E-state index contributed by atoms with van der Waals surface area (Å²) < 4.78 is 13.3. The maximum absolute atomic E-state index is 13.3. The summed E-state index contributed by atoms with van der Waals surface area (Å²) in [5, 5.41) is 0.163. The number of piperazine rings is 1. The predicted octanol–water partition coefficient (Wildman–Crippen LogP) is 2.66. The number of nitrogens with zero attached hydrogens (tertiary/aromatic N) is 5. The maximum Gasteiger partial charge on any atom is 0.141 e. The average Bonchev–Trinajstić information content (AvgIpc) is 2.57. The van der Waals surface area contributed by atoms with Gasteiger partial charge in [0.25, 0.3) is 0 Å². The van der Waals surface area contributed by atoms with Crippen molar-refractivity contribution in [3.8, 4) is 0 Å². The standard InChI is InChI=1S/C16H19ClFN5/c1-21(2)15-10-16(20-11-19-15)23-7-5-22(6-8-23)12-3-4-14(18)13(17)9-12/h3-4,9-11H,5-8H2,1-2H3. The number of halogens is 2. The fourth-order valence-corrected chi connectivity index (χ4v) is 2.80. The Balaban J connectivity index is 1.68. The molecule has 0 bridgehead atoms.